The van der Waals surface area contributed by atoms with Crippen molar-refractivity contribution in [2.24, 2.45) is 11.8 Å². The standard InChI is InChI=1S/C7H12O/c1-5-4-6-2-3-8-7(5)6/h5-7H,2-4H2,1H3/t5-,6-,7+/m0/s1. The molecule has 0 aromatic heterocycles. The van der Waals surface area contributed by atoms with E-state index in [9.17, 15) is 0 Å². The molecule has 1 nitrogen and oxygen atoms in total. The summed E-state index contributed by atoms with van der Waals surface area (Å²) >= 11 is 0. The first kappa shape index (κ1) is 4.80. The van der Waals surface area contributed by atoms with E-state index in [0.717, 1.165) is 18.4 Å². The first-order valence-corrected chi connectivity index (χ1v) is 3.49. The molecule has 0 N–H and O–H groups in total. The Morgan fingerprint density at radius 3 is 2.88 bits per heavy atom. The third kappa shape index (κ3) is 0.455. The Morgan fingerprint density at radius 1 is 1.50 bits per heavy atom. The Kier molecular flexibility index (Phi) is 0.884. The monoisotopic (exact) mass is 112 g/mol. The maximum Gasteiger partial charge on any atom is 0.0629 e. The Morgan fingerprint density at radius 2 is 2.38 bits per heavy atom. The van der Waals surface area contributed by atoms with E-state index < -0.39 is 0 Å². The zero-order valence-electron chi connectivity index (χ0n) is 5.26. The molecule has 1 heteroatoms. The third-order valence-electron chi connectivity index (χ3n) is 2.50. The zero-order chi connectivity index (χ0) is 5.56. The van der Waals surface area contributed by atoms with E-state index in [4.69, 9.17) is 4.74 Å². The minimum Gasteiger partial charge on any atom is -0.378 e. The second kappa shape index (κ2) is 1.47. The van der Waals surface area contributed by atoms with Crippen LogP contribution in [0.2, 0.25) is 0 Å². The first-order chi connectivity index (χ1) is 3.88. The summed E-state index contributed by atoms with van der Waals surface area (Å²) in [5, 5.41) is 0. The summed E-state index contributed by atoms with van der Waals surface area (Å²) in [5.74, 6) is 1.81. The lowest BCUT2D eigenvalue weighted by atomic mass is 9.73. The van der Waals surface area contributed by atoms with E-state index in [1.807, 2.05) is 0 Å². The van der Waals surface area contributed by atoms with Crippen LogP contribution in [0.5, 0.6) is 0 Å². The molecule has 1 aliphatic heterocycles. The normalized spacial score (nSPS) is 52.9. The van der Waals surface area contributed by atoms with Crippen LogP contribution in [0.15, 0.2) is 0 Å². The molecule has 1 heterocycles. The molecule has 2 rings (SSSR count). The average molecular weight is 112 g/mol. The highest BCUT2D eigenvalue weighted by Gasteiger charge is 2.42. The molecule has 0 spiro atoms. The van der Waals surface area contributed by atoms with Crippen LogP contribution in [-0.4, -0.2) is 12.7 Å². The van der Waals surface area contributed by atoms with Crippen molar-refractivity contribution < 1.29 is 4.74 Å². The van der Waals surface area contributed by atoms with Crippen LogP contribution < -0.4 is 0 Å². The van der Waals surface area contributed by atoms with Gasteiger partial charge in [-0.15, -0.1) is 0 Å². The van der Waals surface area contributed by atoms with Gasteiger partial charge in [-0.25, -0.2) is 0 Å². The lowest BCUT2D eigenvalue weighted by Crippen LogP contribution is -2.36. The second-order valence-corrected chi connectivity index (χ2v) is 3.10. The molecule has 46 valence electrons. The molecule has 1 saturated heterocycles. The summed E-state index contributed by atoms with van der Waals surface area (Å²) in [6.45, 7) is 3.31. The third-order valence-corrected chi connectivity index (χ3v) is 2.50. The molecule has 0 unspecified atom stereocenters. The van der Waals surface area contributed by atoms with Crippen LogP contribution in [0.1, 0.15) is 19.8 Å². The number of hydrogen-bond acceptors (Lipinski definition) is 1. The Hall–Kier alpha value is -0.0400. The van der Waals surface area contributed by atoms with Crippen LogP contribution in [0.3, 0.4) is 0 Å². The molecule has 2 fully saturated rings. The van der Waals surface area contributed by atoms with Crippen LogP contribution >= 0.6 is 0 Å². The summed E-state index contributed by atoms with van der Waals surface area (Å²) in [5.41, 5.74) is 0. The van der Waals surface area contributed by atoms with Gasteiger partial charge < -0.3 is 4.74 Å². The predicted molar refractivity (Wildman–Crippen MR) is 31.6 cm³/mol. The highest BCUT2D eigenvalue weighted by Crippen LogP contribution is 2.42. The van der Waals surface area contributed by atoms with Gasteiger partial charge in [0.2, 0.25) is 0 Å². The lowest BCUT2D eigenvalue weighted by molar-refractivity contribution is -0.0170. The van der Waals surface area contributed by atoms with Crippen molar-refractivity contribution in [3.8, 4) is 0 Å². The van der Waals surface area contributed by atoms with Crippen molar-refractivity contribution in [2.75, 3.05) is 6.61 Å². The lowest BCUT2D eigenvalue weighted by Gasteiger charge is -2.36. The molecule has 0 bridgehead atoms. The molecule has 0 amide bonds. The molecule has 1 saturated carbocycles. The van der Waals surface area contributed by atoms with E-state index in [0.29, 0.717) is 6.10 Å². The molecular weight excluding hydrogens is 100 g/mol. The molecule has 8 heavy (non-hydrogen) atoms. The summed E-state index contributed by atoms with van der Waals surface area (Å²) in [6, 6.07) is 0. The maximum atomic E-state index is 5.46. The SMILES string of the molecule is C[C@H]1C[C@@H]2CCO[C@@H]21. The fraction of sp³-hybridized carbons (Fsp3) is 1.00. The number of ether oxygens (including phenoxy) is 1. The summed E-state index contributed by atoms with van der Waals surface area (Å²) in [7, 11) is 0. The molecule has 0 aromatic carbocycles. The molecule has 3 atom stereocenters. The Bertz CT molecular complexity index is 101. The number of fused-ring (bicyclic) bond motifs is 1. The van der Waals surface area contributed by atoms with Crippen LogP contribution in [0.4, 0.5) is 0 Å². The van der Waals surface area contributed by atoms with Gasteiger partial charge in [0.1, 0.15) is 0 Å². The van der Waals surface area contributed by atoms with Gasteiger partial charge in [0.25, 0.3) is 0 Å². The van der Waals surface area contributed by atoms with Gasteiger partial charge in [-0.3, -0.25) is 0 Å². The van der Waals surface area contributed by atoms with Gasteiger partial charge in [0.15, 0.2) is 0 Å². The van der Waals surface area contributed by atoms with Crippen LogP contribution in [0, 0.1) is 11.8 Å². The van der Waals surface area contributed by atoms with Gasteiger partial charge in [0.05, 0.1) is 6.10 Å². The zero-order valence-corrected chi connectivity index (χ0v) is 5.26. The minimum atomic E-state index is 0.662. The van der Waals surface area contributed by atoms with Crippen LogP contribution in [-0.2, 0) is 4.74 Å². The van der Waals surface area contributed by atoms with Crippen molar-refractivity contribution in [2.45, 2.75) is 25.9 Å². The molecule has 1 aliphatic carbocycles. The highest BCUT2D eigenvalue weighted by atomic mass is 16.5. The molecule has 2 aliphatic rings. The topological polar surface area (TPSA) is 9.23 Å². The second-order valence-electron chi connectivity index (χ2n) is 3.10. The number of hydrogen-bond donors (Lipinski definition) is 0. The molecule has 0 radical (unpaired) electrons. The maximum absolute atomic E-state index is 5.46. The van der Waals surface area contributed by atoms with Crippen molar-refractivity contribution >= 4 is 0 Å². The first-order valence-electron chi connectivity index (χ1n) is 3.49. The van der Waals surface area contributed by atoms with Gasteiger partial charge in [0, 0.05) is 6.61 Å². The van der Waals surface area contributed by atoms with E-state index in [1.54, 1.807) is 0 Å². The number of rotatable bonds is 0. The summed E-state index contributed by atoms with van der Waals surface area (Å²) in [4.78, 5) is 0. The van der Waals surface area contributed by atoms with E-state index in [1.165, 1.54) is 12.8 Å². The predicted octanol–water partition coefficient (Wildman–Crippen LogP) is 1.43. The molecular formula is C7H12O. The van der Waals surface area contributed by atoms with Crippen molar-refractivity contribution in [3.63, 3.8) is 0 Å². The Labute approximate surface area is 50.0 Å². The van der Waals surface area contributed by atoms with Gasteiger partial charge in [-0.2, -0.15) is 0 Å². The van der Waals surface area contributed by atoms with Crippen molar-refractivity contribution in [3.05, 3.63) is 0 Å². The van der Waals surface area contributed by atoms with Crippen molar-refractivity contribution in [1.29, 1.82) is 0 Å². The fourth-order valence-electron chi connectivity index (χ4n) is 1.95. The fourth-order valence-corrected chi connectivity index (χ4v) is 1.95. The smallest absolute Gasteiger partial charge is 0.0629 e. The van der Waals surface area contributed by atoms with Crippen molar-refractivity contribution in [1.82, 2.24) is 0 Å². The van der Waals surface area contributed by atoms with Gasteiger partial charge in [-0.1, -0.05) is 6.92 Å². The quantitative estimate of drug-likeness (QED) is 0.460. The van der Waals surface area contributed by atoms with E-state index in [-0.39, 0.29) is 0 Å². The van der Waals surface area contributed by atoms with Crippen LogP contribution in [0.25, 0.3) is 0 Å². The minimum absolute atomic E-state index is 0.662. The van der Waals surface area contributed by atoms with E-state index in [2.05, 4.69) is 6.92 Å². The largest absolute Gasteiger partial charge is 0.378 e. The molecule has 0 aromatic rings. The Balaban J connectivity index is 2.02. The van der Waals surface area contributed by atoms with Gasteiger partial charge in [-0.05, 0) is 24.7 Å². The van der Waals surface area contributed by atoms with E-state index >= 15 is 0 Å². The average Bonchev–Trinajstić information content (AvgIpc) is 2.09. The van der Waals surface area contributed by atoms with Gasteiger partial charge >= 0.3 is 0 Å². The summed E-state index contributed by atoms with van der Waals surface area (Å²) < 4.78 is 5.46. The summed E-state index contributed by atoms with van der Waals surface area (Å²) in [6.07, 6.45) is 3.41. The highest BCUT2D eigenvalue weighted by molar-refractivity contribution is 4.91.